The lowest BCUT2D eigenvalue weighted by Gasteiger charge is -2.16. The van der Waals surface area contributed by atoms with Crippen molar-refractivity contribution in [3.8, 4) is 0 Å². The summed E-state index contributed by atoms with van der Waals surface area (Å²) in [6.45, 7) is 2.61. The van der Waals surface area contributed by atoms with E-state index in [-0.39, 0.29) is 12.3 Å². The number of nitrogens with one attached hydrogen (secondary N) is 1. The molecule has 0 saturated heterocycles. The molecule has 0 bridgehead atoms. The Morgan fingerprint density at radius 2 is 1.91 bits per heavy atom. The molecule has 0 fully saturated rings. The molecule has 22 heavy (non-hydrogen) atoms. The van der Waals surface area contributed by atoms with E-state index in [1.807, 2.05) is 49.4 Å². The Hall–Kier alpha value is -2.40. The van der Waals surface area contributed by atoms with Gasteiger partial charge in [-0.15, -0.1) is 0 Å². The van der Waals surface area contributed by atoms with Crippen molar-refractivity contribution in [3.05, 3.63) is 42.5 Å². The quantitative estimate of drug-likeness (QED) is 0.769. The lowest BCUT2D eigenvalue weighted by Crippen LogP contribution is -2.93. The third-order valence-corrected chi connectivity index (χ3v) is 3.48. The number of hydrogen-bond donors (Lipinski definition) is 2. The molecule has 0 saturated carbocycles. The van der Waals surface area contributed by atoms with Crippen LogP contribution in [-0.4, -0.2) is 24.5 Å². The van der Waals surface area contributed by atoms with Gasteiger partial charge in [-0.1, -0.05) is 37.3 Å². The fraction of sp³-hybridized carbons (Fsp3) is 0.294. The van der Waals surface area contributed by atoms with E-state index >= 15 is 0 Å². The van der Waals surface area contributed by atoms with Crippen molar-refractivity contribution < 1.29 is 20.0 Å². The number of benzene rings is 2. The van der Waals surface area contributed by atoms with E-state index in [0.717, 1.165) is 17.2 Å². The van der Waals surface area contributed by atoms with E-state index in [1.54, 1.807) is 5.32 Å². The lowest BCUT2D eigenvalue weighted by molar-refractivity contribution is -0.682. The number of aliphatic carboxylic acids is 1. The summed E-state index contributed by atoms with van der Waals surface area (Å²) in [5.74, 6) is -1.53. The van der Waals surface area contributed by atoms with Crippen LogP contribution in [0, 0.1) is 0 Å². The Morgan fingerprint density at radius 3 is 2.59 bits per heavy atom. The van der Waals surface area contributed by atoms with Crippen LogP contribution in [0.2, 0.25) is 0 Å². The van der Waals surface area contributed by atoms with Crippen molar-refractivity contribution >= 4 is 28.3 Å². The number of amides is 1. The molecule has 0 aromatic heterocycles. The highest BCUT2D eigenvalue weighted by Gasteiger charge is 2.17. The van der Waals surface area contributed by atoms with E-state index in [1.165, 1.54) is 0 Å². The van der Waals surface area contributed by atoms with Crippen LogP contribution in [0.3, 0.4) is 0 Å². The largest absolute Gasteiger partial charge is 0.544 e. The summed E-state index contributed by atoms with van der Waals surface area (Å²) < 4.78 is 0. The lowest BCUT2D eigenvalue weighted by atomic mass is 10.1. The predicted octanol–water partition coefficient (Wildman–Crippen LogP) is 0.260. The average molecular weight is 300 g/mol. The second kappa shape index (κ2) is 7.56. The van der Waals surface area contributed by atoms with E-state index in [9.17, 15) is 14.7 Å². The van der Waals surface area contributed by atoms with Crippen molar-refractivity contribution in [2.75, 3.05) is 11.9 Å². The molecular formula is C17H20N2O3. The Balaban J connectivity index is 2.01. The average Bonchev–Trinajstić information content (AvgIpc) is 2.51. The van der Waals surface area contributed by atoms with Gasteiger partial charge in [0, 0.05) is 5.69 Å². The molecule has 2 rings (SSSR count). The van der Waals surface area contributed by atoms with Crippen molar-refractivity contribution in [2.24, 2.45) is 0 Å². The Labute approximate surface area is 129 Å². The zero-order valence-electron chi connectivity index (χ0n) is 12.5. The van der Waals surface area contributed by atoms with Crippen LogP contribution in [-0.2, 0) is 9.59 Å². The highest BCUT2D eigenvalue weighted by molar-refractivity contribution is 5.96. The number of nitrogens with two attached hydrogens (primary N) is 1. The summed E-state index contributed by atoms with van der Waals surface area (Å²) in [4.78, 5) is 23.1. The van der Waals surface area contributed by atoms with Gasteiger partial charge in [-0.05, 0) is 29.3 Å². The van der Waals surface area contributed by atoms with Gasteiger partial charge in [0.25, 0.3) is 0 Å². The molecule has 0 aliphatic heterocycles. The predicted molar refractivity (Wildman–Crippen MR) is 83.1 cm³/mol. The first-order valence-corrected chi connectivity index (χ1v) is 7.43. The maximum absolute atomic E-state index is 12.0. The summed E-state index contributed by atoms with van der Waals surface area (Å²) in [5, 5.41) is 17.5. The minimum atomic E-state index is -1.21. The molecule has 0 unspecified atom stereocenters. The van der Waals surface area contributed by atoms with Gasteiger partial charge in [-0.3, -0.25) is 4.79 Å². The van der Waals surface area contributed by atoms with Crippen molar-refractivity contribution in [3.63, 3.8) is 0 Å². The number of carboxylic acids is 1. The molecule has 0 spiro atoms. The molecule has 1 amide bonds. The molecule has 3 N–H and O–H groups in total. The minimum absolute atomic E-state index is 0.102. The first-order chi connectivity index (χ1) is 10.6. The molecule has 0 heterocycles. The summed E-state index contributed by atoms with van der Waals surface area (Å²) >= 11 is 0. The smallest absolute Gasteiger partial charge is 0.230 e. The second-order valence-electron chi connectivity index (χ2n) is 5.26. The monoisotopic (exact) mass is 300 g/mol. The number of anilines is 1. The number of quaternary nitrogens is 1. The number of carbonyl (C=O) groups excluding carboxylic acids is 2. The van der Waals surface area contributed by atoms with Crippen molar-refractivity contribution in [1.29, 1.82) is 0 Å². The van der Waals surface area contributed by atoms with Gasteiger partial charge in [0.05, 0.1) is 18.9 Å². The fourth-order valence-corrected chi connectivity index (χ4v) is 2.31. The molecule has 0 aliphatic rings. The molecule has 0 radical (unpaired) electrons. The second-order valence-corrected chi connectivity index (χ2v) is 5.26. The number of carboxylic acid groups (broad SMARTS) is 1. The van der Waals surface area contributed by atoms with Gasteiger partial charge in [0.2, 0.25) is 5.91 Å². The van der Waals surface area contributed by atoms with Crippen LogP contribution in [0.5, 0.6) is 0 Å². The topological polar surface area (TPSA) is 85.8 Å². The van der Waals surface area contributed by atoms with Gasteiger partial charge in [0.1, 0.15) is 6.04 Å². The minimum Gasteiger partial charge on any atom is -0.544 e. The standard InChI is InChI=1S/C17H20N2O3/c1-2-9-18-15(17(21)22)11-16(20)19-14-8-7-12-5-3-4-6-13(12)10-14/h3-8,10,15,18H,2,9,11H2,1H3,(H,19,20)(H,21,22)/t15-/m1/s1. The Bertz CT molecular complexity index is 670. The Kier molecular flexibility index (Phi) is 5.49. The number of rotatable bonds is 7. The maximum atomic E-state index is 12.0. The fourth-order valence-electron chi connectivity index (χ4n) is 2.31. The molecule has 5 heteroatoms. The van der Waals surface area contributed by atoms with Gasteiger partial charge in [-0.2, -0.15) is 0 Å². The van der Waals surface area contributed by atoms with E-state index < -0.39 is 12.0 Å². The highest BCUT2D eigenvalue weighted by Crippen LogP contribution is 2.18. The molecule has 0 aliphatic carbocycles. The van der Waals surface area contributed by atoms with Crippen molar-refractivity contribution in [1.82, 2.24) is 0 Å². The van der Waals surface area contributed by atoms with Gasteiger partial charge in [-0.25, -0.2) is 0 Å². The SMILES string of the molecule is CCC[NH2+][C@H](CC(=O)Nc1ccc2ccccc2c1)C(=O)[O-]. The number of hydrogen-bond acceptors (Lipinski definition) is 3. The molecule has 1 atom stereocenters. The maximum Gasteiger partial charge on any atom is 0.230 e. The molecule has 2 aromatic rings. The first kappa shape index (κ1) is 16.0. The third kappa shape index (κ3) is 4.30. The number of carbonyl (C=O) groups is 2. The molecule has 5 nitrogen and oxygen atoms in total. The molecular weight excluding hydrogens is 280 g/mol. The van der Waals surface area contributed by atoms with Gasteiger partial charge in [0.15, 0.2) is 0 Å². The van der Waals surface area contributed by atoms with Crippen LogP contribution < -0.4 is 15.7 Å². The summed E-state index contributed by atoms with van der Waals surface area (Å²) in [7, 11) is 0. The van der Waals surface area contributed by atoms with Gasteiger partial charge < -0.3 is 20.5 Å². The molecule has 116 valence electrons. The normalized spacial score (nSPS) is 12.0. The van der Waals surface area contributed by atoms with Crippen molar-refractivity contribution in [2.45, 2.75) is 25.8 Å². The van der Waals surface area contributed by atoms with Gasteiger partial charge >= 0.3 is 0 Å². The van der Waals surface area contributed by atoms with E-state index in [2.05, 4.69) is 5.32 Å². The summed E-state index contributed by atoms with van der Waals surface area (Å²) in [6.07, 6.45) is 0.741. The summed E-state index contributed by atoms with van der Waals surface area (Å²) in [6, 6.07) is 12.6. The van der Waals surface area contributed by atoms with E-state index in [0.29, 0.717) is 12.2 Å². The van der Waals surface area contributed by atoms with Crippen LogP contribution >= 0.6 is 0 Å². The highest BCUT2D eigenvalue weighted by atomic mass is 16.4. The summed E-state index contributed by atoms with van der Waals surface area (Å²) in [5.41, 5.74) is 0.663. The van der Waals surface area contributed by atoms with Crippen LogP contribution in [0.15, 0.2) is 42.5 Å². The zero-order chi connectivity index (χ0) is 15.9. The van der Waals surface area contributed by atoms with E-state index in [4.69, 9.17) is 0 Å². The van der Waals surface area contributed by atoms with Crippen LogP contribution in [0.4, 0.5) is 5.69 Å². The zero-order valence-corrected chi connectivity index (χ0v) is 12.5. The van der Waals surface area contributed by atoms with Crippen LogP contribution in [0.25, 0.3) is 10.8 Å². The molecule has 2 aromatic carbocycles. The Morgan fingerprint density at radius 1 is 1.18 bits per heavy atom. The van der Waals surface area contributed by atoms with Crippen LogP contribution in [0.1, 0.15) is 19.8 Å². The third-order valence-electron chi connectivity index (χ3n) is 3.48. The first-order valence-electron chi connectivity index (χ1n) is 7.43. The number of fused-ring (bicyclic) bond motifs is 1.